The number of rotatable bonds is 9. The van der Waals surface area contributed by atoms with Crippen LogP contribution in [0.3, 0.4) is 0 Å². The number of benzene rings is 1. The molecule has 0 aliphatic rings. The number of halogens is 2. The average Bonchev–Trinajstić information content (AvgIpc) is 2.81. The third-order valence-corrected chi connectivity index (χ3v) is 5.10. The minimum absolute atomic E-state index is 0.0977. The molecule has 1 atom stereocenters. The molecule has 0 fully saturated rings. The standard InChI is InChI=1S/C21H19Cl2N5O5/c1-32-19-17(20(33-2)26-10-25-19)27-15(21(30)31)7-11-3-5-12(6-4-11)18(29)28-16-13(22)8-24-9-14(16)23/h3-6,8-10,15,27H,7H2,1-2H3,(H,30,31)(H,24,28,29). The zero-order valence-corrected chi connectivity index (χ0v) is 19.0. The van der Waals surface area contributed by atoms with Crippen molar-refractivity contribution in [1.82, 2.24) is 15.0 Å². The van der Waals surface area contributed by atoms with Crippen LogP contribution in [0.4, 0.5) is 11.4 Å². The number of carbonyl (C=O) groups excluding carboxylic acids is 1. The molecule has 3 aromatic rings. The van der Waals surface area contributed by atoms with E-state index < -0.39 is 17.9 Å². The van der Waals surface area contributed by atoms with Gasteiger partial charge in [-0.3, -0.25) is 9.78 Å². The van der Waals surface area contributed by atoms with Crippen molar-refractivity contribution in [2.24, 2.45) is 0 Å². The van der Waals surface area contributed by atoms with Gasteiger partial charge in [-0.25, -0.2) is 4.79 Å². The lowest BCUT2D eigenvalue weighted by Gasteiger charge is -2.18. The van der Waals surface area contributed by atoms with Crippen LogP contribution < -0.4 is 20.1 Å². The van der Waals surface area contributed by atoms with Crippen LogP contribution in [0.2, 0.25) is 10.0 Å². The van der Waals surface area contributed by atoms with E-state index >= 15 is 0 Å². The van der Waals surface area contributed by atoms with Gasteiger partial charge in [0.05, 0.1) is 30.0 Å². The van der Waals surface area contributed by atoms with E-state index in [1.807, 2.05) is 0 Å². The molecule has 12 heteroatoms. The van der Waals surface area contributed by atoms with Gasteiger partial charge in [-0.15, -0.1) is 0 Å². The molecule has 1 unspecified atom stereocenters. The molecule has 10 nitrogen and oxygen atoms in total. The Morgan fingerprint density at radius 1 is 1.00 bits per heavy atom. The number of aliphatic carboxylic acids is 1. The lowest BCUT2D eigenvalue weighted by molar-refractivity contribution is -0.137. The molecule has 3 N–H and O–H groups in total. The third-order valence-electron chi connectivity index (χ3n) is 4.53. The van der Waals surface area contributed by atoms with Crippen molar-refractivity contribution in [3.63, 3.8) is 0 Å². The first-order valence-electron chi connectivity index (χ1n) is 9.45. The van der Waals surface area contributed by atoms with Crippen molar-refractivity contribution in [3.8, 4) is 11.8 Å². The van der Waals surface area contributed by atoms with Crippen LogP contribution in [0.5, 0.6) is 11.8 Å². The first-order valence-corrected chi connectivity index (χ1v) is 10.2. The number of carboxylic acids is 1. The number of hydrogen-bond donors (Lipinski definition) is 3. The first-order chi connectivity index (χ1) is 15.8. The molecular weight excluding hydrogens is 473 g/mol. The second kappa shape index (κ2) is 10.8. The summed E-state index contributed by atoms with van der Waals surface area (Å²) in [5.74, 6) is -1.24. The Kier molecular flexibility index (Phi) is 7.86. The number of amides is 1. The molecule has 1 aromatic carbocycles. The zero-order valence-electron chi connectivity index (χ0n) is 17.5. The summed E-state index contributed by atoms with van der Waals surface area (Å²) in [6, 6.07) is 5.39. The lowest BCUT2D eigenvalue weighted by Crippen LogP contribution is -2.32. The molecule has 0 spiro atoms. The van der Waals surface area contributed by atoms with Gasteiger partial charge in [0.2, 0.25) is 11.8 Å². The zero-order chi connectivity index (χ0) is 24.0. The fourth-order valence-electron chi connectivity index (χ4n) is 2.91. The minimum atomic E-state index is -1.10. The summed E-state index contributed by atoms with van der Waals surface area (Å²) in [5, 5.41) is 15.6. The molecule has 2 aromatic heterocycles. The summed E-state index contributed by atoms with van der Waals surface area (Å²) in [6.45, 7) is 0. The number of aromatic nitrogens is 3. The normalized spacial score (nSPS) is 11.4. The van der Waals surface area contributed by atoms with E-state index in [9.17, 15) is 14.7 Å². The maximum absolute atomic E-state index is 12.5. The maximum atomic E-state index is 12.5. The lowest BCUT2D eigenvalue weighted by atomic mass is 10.0. The number of anilines is 2. The number of methoxy groups -OCH3 is 2. The van der Waals surface area contributed by atoms with Crippen molar-refractivity contribution in [3.05, 3.63) is 64.2 Å². The summed E-state index contributed by atoms with van der Waals surface area (Å²) in [5.41, 5.74) is 1.48. The van der Waals surface area contributed by atoms with Crippen LogP contribution in [-0.4, -0.2) is 52.2 Å². The smallest absolute Gasteiger partial charge is 0.326 e. The van der Waals surface area contributed by atoms with Gasteiger partial charge in [-0.1, -0.05) is 35.3 Å². The van der Waals surface area contributed by atoms with E-state index in [1.54, 1.807) is 24.3 Å². The van der Waals surface area contributed by atoms with Gasteiger partial charge in [0, 0.05) is 24.4 Å². The van der Waals surface area contributed by atoms with Crippen molar-refractivity contribution in [2.75, 3.05) is 24.9 Å². The SMILES string of the molecule is COc1ncnc(OC)c1NC(Cc1ccc(C(=O)Nc2c(Cl)cncc2Cl)cc1)C(=O)O. The molecule has 172 valence electrons. The average molecular weight is 492 g/mol. The number of hydrogen-bond acceptors (Lipinski definition) is 8. The van der Waals surface area contributed by atoms with Crippen molar-refractivity contribution >= 4 is 46.5 Å². The Balaban J connectivity index is 1.75. The monoisotopic (exact) mass is 491 g/mol. The Bertz CT molecular complexity index is 1120. The van der Waals surface area contributed by atoms with Gasteiger partial charge in [0.15, 0.2) is 5.69 Å². The number of carboxylic acid groups (broad SMARTS) is 1. The largest absolute Gasteiger partial charge is 0.480 e. The third kappa shape index (κ3) is 5.79. The van der Waals surface area contributed by atoms with Gasteiger partial charge < -0.3 is 25.2 Å². The maximum Gasteiger partial charge on any atom is 0.326 e. The molecule has 3 rings (SSSR count). The summed E-state index contributed by atoms with van der Waals surface area (Å²) >= 11 is 12.1. The summed E-state index contributed by atoms with van der Waals surface area (Å²) in [6.07, 6.45) is 4.08. The molecular formula is C21H19Cl2N5O5. The second-order valence-electron chi connectivity index (χ2n) is 6.64. The molecule has 2 heterocycles. The fourth-order valence-corrected chi connectivity index (χ4v) is 3.37. The van der Waals surface area contributed by atoms with Crippen molar-refractivity contribution in [2.45, 2.75) is 12.5 Å². The predicted molar refractivity (Wildman–Crippen MR) is 123 cm³/mol. The van der Waals surface area contributed by atoms with Crippen LogP contribution in [-0.2, 0) is 11.2 Å². The van der Waals surface area contributed by atoms with E-state index in [2.05, 4.69) is 25.6 Å². The van der Waals surface area contributed by atoms with Crippen LogP contribution in [0, 0.1) is 0 Å². The van der Waals surface area contributed by atoms with E-state index in [4.69, 9.17) is 32.7 Å². The molecule has 0 bridgehead atoms. The first kappa shape index (κ1) is 24.0. The van der Waals surface area contributed by atoms with Crippen molar-refractivity contribution < 1.29 is 24.2 Å². The van der Waals surface area contributed by atoms with Crippen LogP contribution >= 0.6 is 23.2 Å². The number of nitrogens with one attached hydrogen (secondary N) is 2. The van der Waals surface area contributed by atoms with E-state index in [0.717, 1.165) is 0 Å². The van der Waals surface area contributed by atoms with Crippen LogP contribution in [0.1, 0.15) is 15.9 Å². The highest BCUT2D eigenvalue weighted by atomic mass is 35.5. The molecule has 0 radical (unpaired) electrons. The number of pyridine rings is 1. The molecule has 33 heavy (non-hydrogen) atoms. The number of nitrogens with zero attached hydrogens (tertiary/aromatic N) is 3. The quantitative estimate of drug-likeness (QED) is 0.410. The Morgan fingerprint density at radius 2 is 1.58 bits per heavy atom. The Morgan fingerprint density at radius 3 is 2.09 bits per heavy atom. The summed E-state index contributed by atoms with van der Waals surface area (Å²) in [7, 11) is 2.80. The van der Waals surface area contributed by atoms with Gasteiger partial charge in [0.25, 0.3) is 5.91 Å². The van der Waals surface area contributed by atoms with Crippen LogP contribution in [0.25, 0.3) is 0 Å². The molecule has 1 amide bonds. The van der Waals surface area contributed by atoms with Gasteiger partial charge in [-0.2, -0.15) is 9.97 Å². The topological polar surface area (TPSA) is 136 Å². The molecule has 0 saturated heterocycles. The highest BCUT2D eigenvalue weighted by molar-refractivity contribution is 6.39. The Hall–Kier alpha value is -3.63. The summed E-state index contributed by atoms with van der Waals surface area (Å²) in [4.78, 5) is 36.2. The minimum Gasteiger partial charge on any atom is -0.480 e. The highest BCUT2D eigenvalue weighted by Crippen LogP contribution is 2.31. The molecule has 0 aliphatic heterocycles. The van der Waals surface area contributed by atoms with Gasteiger partial charge in [0.1, 0.15) is 12.4 Å². The van der Waals surface area contributed by atoms with Crippen LogP contribution in [0.15, 0.2) is 43.0 Å². The Labute approximate surface area is 198 Å². The molecule has 0 aliphatic carbocycles. The second-order valence-corrected chi connectivity index (χ2v) is 7.45. The fraction of sp³-hybridized carbons (Fsp3) is 0.190. The van der Waals surface area contributed by atoms with Gasteiger partial charge >= 0.3 is 5.97 Å². The number of carbonyl (C=O) groups is 2. The summed E-state index contributed by atoms with van der Waals surface area (Å²) < 4.78 is 10.3. The van der Waals surface area contributed by atoms with Gasteiger partial charge in [-0.05, 0) is 17.7 Å². The number of ether oxygens (including phenoxy) is 2. The van der Waals surface area contributed by atoms with E-state index in [-0.39, 0.29) is 39.6 Å². The van der Waals surface area contributed by atoms with Crippen molar-refractivity contribution in [1.29, 1.82) is 0 Å². The van der Waals surface area contributed by atoms with E-state index in [0.29, 0.717) is 11.1 Å². The predicted octanol–water partition coefficient (Wildman–Crippen LogP) is 3.56. The molecule has 0 saturated carbocycles. The highest BCUT2D eigenvalue weighted by Gasteiger charge is 2.23. The van der Waals surface area contributed by atoms with E-state index in [1.165, 1.54) is 32.9 Å².